The number of hydrogen-bond donors (Lipinski definition) is 4. The second-order valence-corrected chi connectivity index (χ2v) is 11.9. The number of nitrogens with zero attached hydrogens (tertiary/aromatic N) is 1. The van der Waals surface area contributed by atoms with Gasteiger partial charge in [0.2, 0.25) is 5.91 Å². The number of nitrogens with one attached hydrogen (secondary N) is 3. The summed E-state index contributed by atoms with van der Waals surface area (Å²) in [6.07, 6.45) is 3.28. The quantitative estimate of drug-likeness (QED) is 0.301. The Labute approximate surface area is 236 Å². The molecule has 3 aromatic rings. The number of anilines is 1. The van der Waals surface area contributed by atoms with Crippen LogP contribution >= 0.6 is 11.3 Å². The van der Waals surface area contributed by atoms with Crippen LogP contribution in [-0.2, 0) is 33.6 Å². The maximum absolute atomic E-state index is 13.3. The van der Waals surface area contributed by atoms with Gasteiger partial charge >= 0.3 is 12.1 Å². The molecule has 0 aliphatic heterocycles. The number of amides is 2. The van der Waals surface area contributed by atoms with E-state index in [-0.39, 0.29) is 29.4 Å². The third kappa shape index (κ3) is 6.95. The second kappa shape index (κ2) is 11.6. The van der Waals surface area contributed by atoms with E-state index >= 15 is 0 Å². The van der Waals surface area contributed by atoms with Crippen molar-refractivity contribution in [1.29, 1.82) is 0 Å². The maximum Gasteiger partial charge on any atom is 0.490 e. The summed E-state index contributed by atoms with van der Waals surface area (Å²) in [5.41, 5.74) is 3.26. The van der Waals surface area contributed by atoms with E-state index in [9.17, 15) is 27.6 Å². The monoisotopic (exact) mass is 590 g/mol. The fraction of sp³-hybridized carbons (Fsp3) is 0.464. The summed E-state index contributed by atoms with van der Waals surface area (Å²) >= 11 is 1.61. The van der Waals surface area contributed by atoms with Gasteiger partial charge in [-0.3, -0.25) is 19.5 Å². The molecule has 41 heavy (non-hydrogen) atoms. The van der Waals surface area contributed by atoms with E-state index in [0.717, 1.165) is 57.6 Å². The Morgan fingerprint density at radius 3 is 2.46 bits per heavy atom. The first kappa shape index (κ1) is 28.8. The highest BCUT2D eigenvalue weighted by atomic mass is 32.1. The number of rotatable bonds is 8. The minimum atomic E-state index is -5.08. The van der Waals surface area contributed by atoms with Gasteiger partial charge in [-0.1, -0.05) is 6.07 Å². The Morgan fingerprint density at radius 1 is 1.07 bits per heavy atom. The van der Waals surface area contributed by atoms with Crippen LogP contribution in [0.1, 0.15) is 57.8 Å². The number of aromatic amines is 1. The molecule has 0 saturated heterocycles. The molecular formula is C28H29F3N4O5S. The van der Waals surface area contributed by atoms with Gasteiger partial charge in [0.05, 0.1) is 23.0 Å². The summed E-state index contributed by atoms with van der Waals surface area (Å²) in [5, 5.41) is 21.2. The van der Waals surface area contributed by atoms with Crippen LogP contribution < -0.4 is 10.6 Å². The number of aliphatic carboxylic acids is 1. The van der Waals surface area contributed by atoms with E-state index in [2.05, 4.69) is 20.8 Å². The minimum Gasteiger partial charge on any atom is -0.475 e. The zero-order valence-corrected chi connectivity index (χ0v) is 22.8. The Hall–Kier alpha value is -3.74. The molecular weight excluding hydrogens is 561 g/mol. The van der Waals surface area contributed by atoms with Crippen molar-refractivity contribution in [3.05, 3.63) is 45.3 Å². The lowest BCUT2D eigenvalue weighted by Gasteiger charge is -2.22. The summed E-state index contributed by atoms with van der Waals surface area (Å²) in [5.74, 6) is -2.08. The SMILES string of the molecule is O=C(NCC1CC1)c1c(CC(=O)C2CC2)sc2c1CC(C(=O)Nc1cccc3[nH]ncc13)CC2.O=C(O)C(F)(F)F. The number of carbonyl (C=O) groups is 4. The number of fused-ring (bicyclic) bond motifs is 2. The molecule has 1 aromatic carbocycles. The van der Waals surface area contributed by atoms with E-state index in [1.165, 1.54) is 12.8 Å². The van der Waals surface area contributed by atoms with Gasteiger partial charge < -0.3 is 15.7 Å². The normalized spacial score (nSPS) is 18.2. The number of alkyl halides is 3. The van der Waals surface area contributed by atoms with E-state index in [4.69, 9.17) is 9.90 Å². The number of thiophene rings is 1. The fourth-order valence-electron chi connectivity index (χ4n) is 4.92. The summed E-state index contributed by atoms with van der Waals surface area (Å²) < 4.78 is 31.7. The standard InChI is InChI=1S/C26H28N4O3S.C2HF3O2/c31-21(15-6-7-15)11-23-24(26(33)27-12-14-4-5-14)17-10-16(8-9-22(17)34-23)25(32)29-19-2-1-3-20-18(19)13-28-30-20;3-2(4,5)1(6)7/h1-3,13-16H,4-12H2,(H,27,33)(H,28,30)(H,29,32);(H,6,7). The Morgan fingerprint density at radius 2 is 1.80 bits per heavy atom. The van der Waals surface area contributed by atoms with Gasteiger partial charge in [-0.2, -0.15) is 18.3 Å². The molecule has 1 atom stereocenters. The molecule has 3 aliphatic carbocycles. The van der Waals surface area contributed by atoms with Crippen LogP contribution in [0.2, 0.25) is 0 Å². The average molecular weight is 591 g/mol. The molecule has 2 heterocycles. The lowest BCUT2D eigenvalue weighted by molar-refractivity contribution is -0.192. The number of aryl methyl sites for hydroxylation is 1. The topological polar surface area (TPSA) is 141 Å². The molecule has 13 heteroatoms. The van der Waals surface area contributed by atoms with Crippen molar-refractivity contribution in [2.24, 2.45) is 17.8 Å². The summed E-state index contributed by atoms with van der Waals surface area (Å²) in [6.45, 7) is 0.693. The molecule has 9 nitrogen and oxygen atoms in total. The molecule has 2 saturated carbocycles. The number of benzene rings is 1. The Kier molecular flexibility index (Phi) is 8.16. The summed E-state index contributed by atoms with van der Waals surface area (Å²) in [4.78, 5) is 50.0. The van der Waals surface area contributed by atoms with Crippen molar-refractivity contribution in [3.8, 4) is 0 Å². The summed E-state index contributed by atoms with van der Waals surface area (Å²) in [6, 6.07) is 5.69. The molecule has 0 spiro atoms. The zero-order chi connectivity index (χ0) is 29.3. The highest BCUT2D eigenvalue weighted by molar-refractivity contribution is 7.12. The Bertz CT molecular complexity index is 1490. The van der Waals surface area contributed by atoms with E-state index in [1.54, 1.807) is 17.5 Å². The molecule has 0 radical (unpaired) electrons. The predicted molar refractivity (Wildman–Crippen MR) is 145 cm³/mol. The van der Waals surface area contributed by atoms with Crippen molar-refractivity contribution >= 4 is 51.5 Å². The molecule has 4 N–H and O–H groups in total. The largest absolute Gasteiger partial charge is 0.490 e. The third-order valence-corrected chi connectivity index (χ3v) is 8.82. The number of carboxylic acids is 1. The van der Waals surface area contributed by atoms with Crippen LogP contribution in [0.4, 0.5) is 18.9 Å². The molecule has 0 bridgehead atoms. The number of aromatic nitrogens is 2. The molecule has 2 amide bonds. The van der Waals surface area contributed by atoms with Gasteiger partial charge in [0, 0.05) is 39.9 Å². The van der Waals surface area contributed by atoms with Crippen LogP contribution in [0.15, 0.2) is 24.4 Å². The molecule has 1 unspecified atom stereocenters. The summed E-state index contributed by atoms with van der Waals surface area (Å²) in [7, 11) is 0. The number of hydrogen-bond acceptors (Lipinski definition) is 6. The number of ketones is 1. The van der Waals surface area contributed by atoms with Gasteiger partial charge in [0.1, 0.15) is 5.78 Å². The van der Waals surface area contributed by atoms with Gasteiger partial charge in [-0.15, -0.1) is 11.3 Å². The number of Topliss-reactive ketones (excluding diaryl/α,β-unsaturated/α-hetero) is 1. The molecule has 2 aromatic heterocycles. The molecule has 3 aliphatic rings. The van der Waals surface area contributed by atoms with Crippen LogP contribution in [0.5, 0.6) is 0 Å². The van der Waals surface area contributed by atoms with Gasteiger partial charge in [-0.05, 0) is 68.6 Å². The lowest BCUT2D eigenvalue weighted by atomic mass is 9.85. The van der Waals surface area contributed by atoms with Crippen LogP contribution in [0, 0.1) is 17.8 Å². The predicted octanol–water partition coefficient (Wildman–Crippen LogP) is 4.66. The first-order valence-electron chi connectivity index (χ1n) is 13.5. The van der Waals surface area contributed by atoms with E-state index < -0.39 is 12.1 Å². The number of H-pyrrole nitrogens is 1. The third-order valence-electron chi connectivity index (χ3n) is 7.53. The maximum atomic E-state index is 13.3. The molecule has 218 valence electrons. The van der Waals surface area contributed by atoms with Gasteiger partial charge in [0.25, 0.3) is 5.91 Å². The van der Waals surface area contributed by atoms with Crippen LogP contribution in [0.3, 0.4) is 0 Å². The van der Waals surface area contributed by atoms with Gasteiger partial charge in [-0.25, -0.2) is 4.79 Å². The molecule has 2 fully saturated rings. The van der Waals surface area contributed by atoms with Gasteiger partial charge in [0.15, 0.2) is 0 Å². The van der Waals surface area contributed by atoms with E-state index in [0.29, 0.717) is 30.9 Å². The first-order valence-corrected chi connectivity index (χ1v) is 14.3. The van der Waals surface area contributed by atoms with Crippen molar-refractivity contribution in [2.45, 2.75) is 57.5 Å². The van der Waals surface area contributed by atoms with Crippen LogP contribution in [-0.4, -0.2) is 51.6 Å². The Balaban J connectivity index is 0.000000431. The lowest BCUT2D eigenvalue weighted by Crippen LogP contribution is -2.31. The minimum absolute atomic E-state index is 0.0366. The van der Waals surface area contributed by atoms with Crippen LogP contribution in [0.25, 0.3) is 10.9 Å². The number of halogens is 3. The van der Waals surface area contributed by atoms with E-state index in [1.807, 2.05) is 18.2 Å². The second-order valence-electron chi connectivity index (χ2n) is 10.7. The number of carbonyl (C=O) groups excluding carboxylic acids is 3. The fourth-order valence-corrected chi connectivity index (χ4v) is 6.28. The van der Waals surface area contributed by atoms with Crippen molar-refractivity contribution in [3.63, 3.8) is 0 Å². The van der Waals surface area contributed by atoms with Crippen molar-refractivity contribution < 1.29 is 37.5 Å². The molecule has 6 rings (SSSR count). The zero-order valence-electron chi connectivity index (χ0n) is 22.0. The average Bonchev–Trinajstić information content (AvgIpc) is 3.85. The highest BCUT2D eigenvalue weighted by Crippen LogP contribution is 2.39. The first-order chi connectivity index (χ1) is 19.5. The number of carboxylic acid groups (broad SMARTS) is 1. The van der Waals surface area contributed by atoms with Crippen molar-refractivity contribution in [1.82, 2.24) is 15.5 Å². The van der Waals surface area contributed by atoms with Crippen molar-refractivity contribution in [2.75, 3.05) is 11.9 Å². The smallest absolute Gasteiger partial charge is 0.475 e. The highest BCUT2D eigenvalue weighted by Gasteiger charge is 2.38.